The predicted molar refractivity (Wildman–Crippen MR) is 64.4 cm³/mol. The van der Waals surface area contributed by atoms with Crippen LogP contribution in [-0.2, 0) is 4.79 Å². The summed E-state index contributed by atoms with van der Waals surface area (Å²) in [7, 11) is 0. The zero-order valence-electron chi connectivity index (χ0n) is 10.4. The first-order chi connectivity index (χ1) is 8.89. The highest BCUT2D eigenvalue weighted by atomic mass is 19.4. The minimum Gasteiger partial charge on any atom is -0.329 e. The average molecular weight is 272 g/mol. The molecule has 0 aliphatic carbocycles. The van der Waals surface area contributed by atoms with Crippen LogP contribution in [0.4, 0.5) is 13.2 Å². The lowest BCUT2D eigenvalue weighted by atomic mass is 10.0. The third-order valence-electron chi connectivity index (χ3n) is 3.28. The Kier molecular flexibility index (Phi) is 3.80. The number of nitrogens with one attached hydrogen (secondary N) is 1. The van der Waals surface area contributed by atoms with Gasteiger partial charge in [0.25, 0.3) is 0 Å². The van der Waals surface area contributed by atoms with E-state index in [-0.39, 0.29) is 12.6 Å². The molecule has 0 spiro atoms. The maximum atomic E-state index is 12.5. The molecule has 1 amide bonds. The number of carbonyl (C=O) groups excluding carboxylic acids is 1. The molecule has 1 aliphatic rings. The zero-order chi connectivity index (χ0) is 14.0. The van der Waals surface area contributed by atoms with Gasteiger partial charge in [0.2, 0.25) is 0 Å². The lowest BCUT2D eigenvalue weighted by Gasteiger charge is -2.39. The Balaban J connectivity index is 2.15. The van der Waals surface area contributed by atoms with Gasteiger partial charge in [-0.1, -0.05) is 30.3 Å². The van der Waals surface area contributed by atoms with Crippen molar-refractivity contribution in [3.05, 3.63) is 35.9 Å². The lowest BCUT2D eigenvalue weighted by Crippen LogP contribution is -2.56. The fourth-order valence-corrected chi connectivity index (χ4v) is 2.22. The summed E-state index contributed by atoms with van der Waals surface area (Å²) in [6.45, 7) is 1.99. The minimum absolute atomic E-state index is 0.0313. The van der Waals surface area contributed by atoms with Crippen LogP contribution in [0.5, 0.6) is 0 Å². The molecule has 2 rings (SSSR count). The van der Waals surface area contributed by atoms with Gasteiger partial charge in [0.1, 0.15) is 0 Å². The summed E-state index contributed by atoms with van der Waals surface area (Å²) in [5.41, 5.74) is 0.884. The summed E-state index contributed by atoms with van der Waals surface area (Å²) in [5.74, 6) is -1.76. The number of hydrogen-bond acceptors (Lipinski definition) is 2. The topological polar surface area (TPSA) is 32.3 Å². The molecule has 2 unspecified atom stereocenters. The largest absolute Gasteiger partial charge is 0.471 e. The van der Waals surface area contributed by atoms with Crippen LogP contribution in [-0.4, -0.2) is 36.1 Å². The minimum atomic E-state index is -4.81. The molecular weight excluding hydrogens is 257 g/mol. The first kappa shape index (κ1) is 13.9. The molecule has 1 heterocycles. The van der Waals surface area contributed by atoms with Crippen LogP contribution in [0.15, 0.2) is 30.3 Å². The van der Waals surface area contributed by atoms with Crippen molar-refractivity contribution in [1.82, 2.24) is 10.2 Å². The molecule has 104 valence electrons. The zero-order valence-corrected chi connectivity index (χ0v) is 10.4. The molecule has 1 aromatic carbocycles. The molecule has 19 heavy (non-hydrogen) atoms. The van der Waals surface area contributed by atoms with E-state index >= 15 is 0 Å². The molecule has 0 saturated carbocycles. The third-order valence-corrected chi connectivity index (χ3v) is 3.28. The van der Waals surface area contributed by atoms with Crippen molar-refractivity contribution in [2.45, 2.75) is 25.2 Å². The standard InChI is InChI=1S/C13H15F3N2O/c1-9-7-17-11(10-5-3-2-4-6-10)8-18(9)12(19)13(14,15)16/h2-6,9,11,17H,7-8H2,1H3. The molecule has 0 aromatic heterocycles. The fraction of sp³-hybridized carbons (Fsp3) is 0.462. The van der Waals surface area contributed by atoms with Gasteiger partial charge in [-0.25, -0.2) is 0 Å². The van der Waals surface area contributed by atoms with Gasteiger partial charge in [0.05, 0.1) is 0 Å². The van der Waals surface area contributed by atoms with Crippen LogP contribution < -0.4 is 5.32 Å². The highest BCUT2D eigenvalue weighted by Crippen LogP contribution is 2.25. The monoisotopic (exact) mass is 272 g/mol. The number of halogens is 3. The summed E-state index contributed by atoms with van der Waals surface area (Å²) in [5, 5.41) is 3.16. The Morgan fingerprint density at radius 2 is 1.95 bits per heavy atom. The van der Waals surface area contributed by atoms with Crippen molar-refractivity contribution in [3.8, 4) is 0 Å². The molecule has 1 N–H and O–H groups in total. The molecule has 3 nitrogen and oxygen atoms in total. The van der Waals surface area contributed by atoms with Gasteiger partial charge in [-0.05, 0) is 12.5 Å². The van der Waals surface area contributed by atoms with E-state index in [0.717, 1.165) is 10.5 Å². The number of benzene rings is 1. The van der Waals surface area contributed by atoms with Crippen molar-refractivity contribution in [2.24, 2.45) is 0 Å². The van der Waals surface area contributed by atoms with Crippen LogP contribution >= 0.6 is 0 Å². The molecule has 0 radical (unpaired) electrons. The van der Waals surface area contributed by atoms with Gasteiger partial charge >= 0.3 is 12.1 Å². The van der Waals surface area contributed by atoms with E-state index in [2.05, 4.69) is 5.32 Å². The Hall–Kier alpha value is -1.56. The van der Waals surface area contributed by atoms with Gasteiger partial charge < -0.3 is 10.2 Å². The average Bonchev–Trinajstić information content (AvgIpc) is 2.38. The van der Waals surface area contributed by atoms with E-state index in [1.54, 1.807) is 6.92 Å². The van der Waals surface area contributed by atoms with E-state index in [1.807, 2.05) is 30.3 Å². The Morgan fingerprint density at radius 1 is 1.32 bits per heavy atom. The third kappa shape index (κ3) is 3.07. The first-order valence-electron chi connectivity index (χ1n) is 6.05. The molecule has 2 atom stereocenters. The van der Waals surface area contributed by atoms with Gasteiger partial charge in [-0.3, -0.25) is 4.79 Å². The second-order valence-corrected chi connectivity index (χ2v) is 4.68. The summed E-state index contributed by atoms with van der Waals surface area (Å²) < 4.78 is 37.6. The number of alkyl halides is 3. The maximum Gasteiger partial charge on any atom is 0.471 e. The number of amides is 1. The van der Waals surface area contributed by atoms with Crippen molar-refractivity contribution in [3.63, 3.8) is 0 Å². The van der Waals surface area contributed by atoms with Crippen LogP contribution in [0.25, 0.3) is 0 Å². The fourth-order valence-electron chi connectivity index (χ4n) is 2.22. The van der Waals surface area contributed by atoms with Crippen molar-refractivity contribution in [1.29, 1.82) is 0 Å². The molecule has 1 aliphatic heterocycles. The SMILES string of the molecule is CC1CNC(c2ccccc2)CN1C(=O)C(F)(F)F. The first-order valence-corrected chi connectivity index (χ1v) is 6.05. The summed E-state index contributed by atoms with van der Waals surface area (Å²) in [4.78, 5) is 12.3. The van der Waals surface area contributed by atoms with E-state index in [9.17, 15) is 18.0 Å². The van der Waals surface area contributed by atoms with E-state index in [1.165, 1.54) is 0 Å². The normalized spacial score (nSPS) is 24.3. The molecular formula is C13H15F3N2O. The smallest absolute Gasteiger partial charge is 0.329 e. The van der Waals surface area contributed by atoms with E-state index in [4.69, 9.17) is 0 Å². The summed E-state index contributed by atoms with van der Waals surface area (Å²) >= 11 is 0. The van der Waals surface area contributed by atoms with Crippen LogP contribution in [0.2, 0.25) is 0 Å². The molecule has 1 aromatic rings. The maximum absolute atomic E-state index is 12.5. The number of nitrogens with zero attached hydrogens (tertiary/aromatic N) is 1. The molecule has 1 fully saturated rings. The second-order valence-electron chi connectivity index (χ2n) is 4.68. The van der Waals surface area contributed by atoms with Gasteiger partial charge in [0.15, 0.2) is 0 Å². The predicted octanol–water partition coefficient (Wildman–Crippen LogP) is 2.11. The van der Waals surface area contributed by atoms with Crippen LogP contribution in [0.1, 0.15) is 18.5 Å². The van der Waals surface area contributed by atoms with E-state index in [0.29, 0.717) is 6.54 Å². The van der Waals surface area contributed by atoms with Crippen LogP contribution in [0.3, 0.4) is 0 Å². The summed E-state index contributed by atoms with van der Waals surface area (Å²) in [6, 6.07) is 8.44. The number of carbonyl (C=O) groups is 1. The second kappa shape index (κ2) is 5.21. The van der Waals surface area contributed by atoms with E-state index < -0.39 is 18.1 Å². The van der Waals surface area contributed by atoms with Crippen molar-refractivity contribution < 1.29 is 18.0 Å². The van der Waals surface area contributed by atoms with Crippen molar-refractivity contribution in [2.75, 3.05) is 13.1 Å². The highest BCUT2D eigenvalue weighted by Gasteiger charge is 2.45. The molecule has 0 bridgehead atoms. The van der Waals surface area contributed by atoms with Crippen LogP contribution in [0, 0.1) is 0 Å². The summed E-state index contributed by atoms with van der Waals surface area (Å²) in [6.07, 6.45) is -4.81. The van der Waals surface area contributed by atoms with Gasteiger partial charge in [-0.2, -0.15) is 13.2 Å². The Bertz CT molecular complexity index is 447. The lowest BCUT2D eigenvalue weighted by molar-refractivity contribution is -0.189. The van der Waals surface area contributed by atoms with Crippen molar-refractivity contribution >= 4 is 5.91 Å². The van der Waals surface area contributed by atoms with Gasteiger partial charge in [0, 0.05) is 25.2 Å². The van der Waals surface area contributed by atoms with Gasteiger partial charge in [-0.15, -0.1) is 0 Å². The number of hydrogen-bond donors (Lipinski definition) is 1. The number of piperazine rings is 1. The Morgan fingerprint density at radius 3 is 2.53 bits per heavy atom. The quantitative estimate of drug-likeness (QED) is 0.849. The molecule has 1 saturated heterocycles. The molecule has 6 heteroatoms. The highest BCUT2D eigenvalue weighted by molar-refractivity contribution is 5.82. The Labute approximate surface area is 109 Å². The number of rotatable bonds is 1.